The highest BCUT2D eigenvalue weighted by Crippen LogP contribution is 2.15. The number of aromatic nitrogens is 1. The number of hydrogen-bond acceptors (Lipinski definition) is 3. The number of methoxy groups -OCH3 is 1. The summed E-state index contributed by atoms with van der Waals surface area (Å²) in [5.74, 6) is -0.237. The van der Waals surface area contributed by atoms with E-state index in [1.54, 1.807) is 24.1 Å². The zero-order chi connectivity index (χ0) is 25.9. The van der Waals surface area contributed by atoms with Crippen molar-refractivity contribution in [3.05, 3.63) is 93.7 Å². The van der Waals surface area contributed by atoms with Gasteiger partial charge in [-0.3, -0.25) is 9.59 Å². The monoisotopic (exact) mass is 553 g/mol. The fraction of sp³-hybridized carbons (Fsp3) is 0.379. The first-order valence-corrected chi connectivity index (χ1v) is 13.2. The normalized spacial score (nSPS) is 10.9. The van der Waals surface area contributed by atoms with E-state index in [4.69, 9.17) is 4.74 Å². The largest absolute Gasteiger partial charge is 0.383 e. The van der Waals surface area contributed by atoms with Gasteiger partial charge in [-0.25, -0.2) is 0 Å². The molecule has 6 nitrogen and oxygen atoms in total. The Morgan fingerprint density at radius 1 is 1.00 bits per heavy atom. The van der Waals surface area contributed by atoms with E-state index in [9.17, 15) is 9.59 Å². The first-order chi connectivity index (χ1) is 17.4. The minimum Gasteiger partial charge on any atom is -0.383 e. The van der Waals surface area contributed by atoms with Crippen molar-refractivity contribution in [2.24, 2.45) is 0 Å². The van der Waals surface area contributed by atoms with Crippen LogP contribution in [0.2, 0.25) is 0 Å². The molecule has 1 aromatic heterocycles. The maximum Gasteiger partial charge on any atom is 0.254 e. The molecule has 0 atom stereocenters. The summed E-state index contributed by atoms with van der Waals surface area (Å²) in [6.45, 7) is 6.84. The highest BCUT2D eigenvalue weighted by molar-refractivity contribution is 9.10. The molecular weight excluding hydrogens is 518 g/mol. The fourth-order valence-corrected chi connectivity index (χ4v) is 4.35. The number of amides is 2. The highest BCUT2D eigenvalue weighted by atomic mass is 79.9. The Bertz CT molecular complexity index is 1130. The van der Waals surface area contributed by atoms with Gasteiger partial charge in [0.1, 0.15) is 6.54 Å². The van der Waals surface area contributed by atoms with Gasteiger partial charge in [-0.2, -0.15) is 0 Å². The van der Waals surface area contributed by atoms with E-state index >= 15 is 0 Å². The van der Waals surface area contributed by atoms with Crippen LogP contribution in [0.25, 0.3) is 0 Å². The molecule has 0 spiro atoms. The zero-order valence-corrected chi connectivity index (χ0v) is 23.0. The van der Waals surface area contributed by atoms with Crippen LogP contribution in [0.4, 0.5) is 0 Å². The van der Waals surface area contributed by atoms with Gasteiger partial charge in [-0.1, -0.05) is 59.1 Å². The number of ether oxygens (including phenoxy) is 1. The number of unbranched alkanes of at least 4 members (excludes halogenated alkanes) is 1. The van der Waals surface area contributed by atoms with Gasteiger partial charge in [0, 0.05) is 48.7 Å². The molecule has 3 aromatic rings. The van der Waals surface area contributed by atoms with E-state index < -0.39 is 0 Å². The van der Waals surface area contributed by atoms with Gasteiger partial charge in [0.05, 0.1) is 13.2 Å². The lowest BCUT2D eigenvalue weighted by Crippen LogP contribution is -2.44. The van der Waals surface area contributed by atoms with Gasteiger partial charge >= 0.3 is 0 Å². The van der Waals surface area contributed by atoms with Crippen molar-refractivity contribution in [1.29, 1.82) is 0 Å². The maximum absolute atomic E-state index is 13.5. The summed E-state index contributed by atoms with van der Waals surface area (Å²) >= 11 is 3.41. The predicted octanol–water partition coefficient (Wildman–Crippen LogP) is 5.52. The summed E-state index contributed by atoms with van der Waals surface area (Å²) in [6, 6.07) is 19.8. The Hall–Kier alpha value is -2.90. The molecule has 0 bridgehead atoms. The number of carbonyl (C=O) groups is 2. The number of hydrogen-bond donors (Lipinski definition) is 0. The van der Waals surface area contributed by atoms with Crippen molar-refractivity contribution in [2.75, 3.05) is 33.4 Å². The molecule has 36 heavy (non-hydrogen) atoms. The van der Waals surface area contributed by atoms with Crippen LogP contribution >= 0.6 is 15.9 Å². The lowest BCUT2D eigenvalue weighted by Gasteiger charge is -2.28. The molecule has 0 unspecified atom stereocenters. The van der Waals surface area contributed by atoms with Crippen LogP contribution in [-0.2, 0) is 22.6 Å². The second-order valence-corrected chi connectivity index (χ2v) is 9.93. The lowest BCUT2D eigenvalue weighted by molar-refractivity contribution is -0.132. The summed E-state index contributed by atoms with van der Waals surface area (Å²) < 4.78 is 8.31. The average molecular weight is 555 g/mol. The Balaban J connectivity index is 1.75. The molecule has 0 fully saturated rings. The van der Waals surface area contributed by atoms with E-state index in [-0.39, 0.29) is 18.4 Å². The van der Waals surface area contributed by atoms with E-state index in [2.05, 4.69) is 70.9 Å². The molecule has 0 N–H and O–H groups in total. The van der Waals surface area contributed by atoms with Crippen LogP contribution in [0.1, 0.15) is 46.9 Å². The van der Waals surface area contributed by atoms with E-state index in [1.807, 2.05) is 23.1 Å². The third kappa shape index (κ3) is 8.07. The summed E-state index contributed by atoms with van der Waals surface area (Å²) in [6.07, 6.45) is 3.95. The summed E-state index contributed by atoms with van der Waals surface area (Å²) in [5, 5.41) is 0. The van der Waals surface area contributed by atoms with Gasteiger partial charge in [0.15, 0.2) is 0 Å². The van der Waals surface area contributed by atoms with Crippen LogP contribution in [-0.4, -0.2) is 59.5 Å². The fourth-order valence-electron chi connectivity index (χ4n) is 4.08. The second kappa shape index (κ2) is 14.0. The molecule has 0 aliphatic carbocycles. The number of aryl methyl sites for hydroxylation is 1. The molecular formula is C29H36BrN3O3. The standard InChI is InChI=1S/C29H36BrN3O3/c1-4-5-15-32(21-27-10-7-16-31(27)20-24-9-6-8-23(2)19-24)28(34)22-33(17-18-36-3)29(35)25-11-13-26(30)14-12-25/h6-14,16,19H,4-5,15,17-18,20-22H2,1-3H3. The maximum atomic E-state index is 13.5. The third-order valence-corrected chi connectivity index (χ3v) is 6.64. The molecule has 3 rings (SSSR count). The van der Waals surface area contributed by atoms with Crippen molar-refractivity contribution in [1.82, 2.24) is 14.4 Å². The van der Waals surface area contributed by atoms with E-state index in [0.717, 1.165) is 29.6 Å². The van der Waals surface area contributed by atoms with Crippen LogP contribution < -0.4 is 0 Å². The predicted molar refractivity (Wildman–Crippen MR) is 147 cm³/mol. The van der Waals surface area contributed by atoms with Gasteiger partial charge in [-0.15, -0.1) is 0 Å². The third-order valence-electron chi connectivity index (χ3n) is 6.12. The van der Waals surface area contributed by atoms with E-state index in [1.165, 1.54) is 11.1 Å². The number of carbonyl (C=O) groups excluding carboxylic acids is 2. The number of benzene rings is 2. The molecule has 2 amide bonds. The van der Waals surface area contributed by atoms with Crippen molar-refractivity contribution >= 4 is 27.7 Å². The molecule has 0 aliphatic heterocycles. The Morgan fingerprint density at radius 2 is 1.78 bits per heavy atom. The molecule has 1 heterocycles. The van der Waals surface area contributed by atoms with Crippen molar-refractivity contribution in [2.45, 2.75) is 39.8 Å². The highest BCUT2D eigenvalue weighted by Gasteiger charge is 2.23. The minimum absolute atomic E-state index is 0.0144. The van der Waals surface area contributed by atoms with Crippen LogP contribution in [0.15, 0.2) is 71.3 Å². The quantitative estimate of drug-likeness (QED) is 0.280. The van der Waals surface area contributed by atoms with Crippen molar-refractivity contribution in [3.8, 4) is 0 Å². The SMILES string of the molecule is CCCCN(Cc1cccn1Cc1cccc(C)c1)C(=O)CN(CCOC)C(=O)c1ccc(Br)cc1. The van der Waals surface area contributed by atoms with Gasteiger partial charge in [0.2, 0.25) is 5.91 Å². The molecule has 7 heteroatoms. The number of halogens is 1. The summed E-state index contributed by atoms with van der Waals surface area (Å²) in [5.41, 5.74) is 4.08. The Labute approximate surface area is 223 Å². The average Bonchev–Trinajstić information content (AvgIpc) is 3.30. The van der Waals surface area contributed by atoms with Crippen molar-refractivity contribution in [3.63, 3.8) is 0 Å². The van der Waals surface area contributed by atoms with Gasteiger partial charge in [0.25, 0.3) is 5.91 Å². The van der Waals surface area contributed by atoms with Crippen LogP contribution in [0.5, 0.6) is 0 Å². The molecule has 0 aliphatic rings. The molecule has 0 saturated heterocycles. The van der Waals surface area contributed by atoms with Gasteiger partial charge in [-0.05, 0) is 55.3 Å². The number of rotatable bonds is 13. The lowest BCUT2D eigenvalue weighted by atomic mass is 10.1. The smallest absolute Gasteiger partial charge is 0.254 e. The van der Waals surface area contributed by atoms with Gasteiger partial charge < -0.3 is 19.1 Å². The molecule has 2 aromatic carbocycles. The molecule has 0 saturated carbocycles. The summed E-state index contributed by atoms with van der Waals surface area (Å²) in [7, 11) is 1.60. The molecule has 0 radical (unpaired) electrons. The zero-order valence-electron chi connectivity index (χ0n) is 21.5. The van der Waals surface area contributed by atoms with Crippen molar-refractivity contribution < 1.29 is 14.3 Å². The van der Waals surface area contributed by atoms with E-state index in [0.29, 0.717) is 31.8 Å². The minimum atomic E-state index is -0.175. The second-order valence-electron chi connectivity index (χ2n) is 9.01. The first kappa shape index (κ1) is 27.7. The number of nitrogens with zero attached hydrogens (tertiary/aromatic N) is 3. The Kier molecular flexibility index (Phi) is 10.8. The van der Waals surface area contributed by atoms with Crippen LogP contribution in [0, 0.1) is 6.92 Å². The summed E-state index contributed by atoms with van der Waals surface area (Å²) in [4.78, 5) is 30.2. The first-order valence-electron chi connectivity index (χ1n) is 12.4. The van der Waals surface area contributed by atoms with Crippen LogP contribution in [0.3, 0.4) is 0 Å². The molecule has 192 valence electrons. The Morgan fingerprint density at radius 3 is 2.47 bits per heavy atom. The topological polar surface area (TPSA) is 54.8 Å².